The van der Waals surface area contributed by atoms with Crippen LogP contribution in [0.3, 0.4) is 0 Å². The van der Waals surface area contributed by atoms with Crippen LogP contribution in [0.2, 0.25) is 5.02 Å². The number of aromatic nitrogens is 3. The zero-order chi connectivity index (χ0) is 23.8. The van der Waals surface area contributed by atoms with Crippen LogP contribution in [0.4, 0.5) is 13.2 Å². The van der Waals surface area contributed by atoms with E-state index in [4.69, 9.17) is 11.6 Å². The number of hydrogen-bond acceptors (Lipinski definition) is 6. The highest BCUT2D eigenvalue weighted by atomic mass is 35.5. The van der Waals surface area contributed by atoms with Crippen LogP contribution in [0, 0.1) is 5.82 Å². The molecule has 170 valence electrons. The first-order chi connectivity index (χ1) is 15.7. The molecule has 0 aliphatic carbocycles. The number of carbonyl (C=O) groups is 1. The third-order valence-electron chi connectivity index (χ3n) is 4.62. The van der Waals surface area contributed by atoms with Crippen molar-refractivity contribution in [2.24, 2.45) is 0 Å². The van der Waals surface area contributed by atoms with Gasteiger partial charge in [-0.1, -0.05) is 23.7 Å². The number of alkyl halides is 2. The van der Waals surface area contributed by atoms with Crippen molar-refractivity contribution in [1.82, 2.24) is 14.2 Å². The summed E-state index contributed by atoms with van der Waals surface area (Å²) in [5.41, 5.74) is -0.0517. The Morgan fingerprint density at radius 2 is 1.88 bits per heavy atom. The van der Waals surface area contributed by atoms with E-state index in [1.165, 1.54) is 48.8 Å². The molecule has 0 amide bonds. The fraction of sp³-hybridized carbons (Fsp3) is 0.0952. The van der Waals surface area contributed by atoms with E-state index in [0.29, 0.717) is 9.47 Å². The van der Waals surface area contributed by atoms with Gasteiger partial charge in [-0.2, -0.15) is 26.4 Å². The summed E-state index contributed by atoms with van der Waals surface area (Å²) < 4.78 is 70.2. The second-order valence-corrected chi connectivity index (χ2v) is 8.95. The van der Waals surface area contributed by atoms with E-state index >= 15 is 0 Å². The number of halogens is 4. The van der Waals surface area contributed by atoms with E-state index in [-0.39, 0.29) is 38.9 Å². The highest BCUT2D eigenvalue weighted by Crippen LogP contribution is 2.25. The summed E-state index contributed by atoms with van der Waals surface area (Å²) in [6.45, 7) is -3.12. The number of benzene rings is 2. The zero-order valence-electron chi connectivity index (χ0n) is 16.5. The van der Waals surface area contributed by atoms with E-state index in [1.54, 1.807) is 0 Å². The van der Waals surface area contributed by atoms with Gasteiger partial charge in [0.2, 0.25) is 0 Å². The maximum atomic E-state index is 14.1. The molecule has 4 rings (SSSR count). The molecule has 0 atom stereocenters. The van der Waals surface area contributed by atoms with Gasteiger partial charge in [-0.05, 0) is 30.3 Å². The van der Waals surface area contributed by atoms with Crippen molar-refractivity contribution in [3.63, 3.8) is 0 Å². The van der Waals surface area contributed by atoms with Gasteiger partial charge < -0.3 is 4.74 Å². The molecule has 2 aromatic carbocycles. The number of carbonyl (C=O) groups excluding carboxylic acids is 1. The van der Waals surface area contributed by atoms with E-state index in [9.17, 15) is 26.4 Å². The van der Waals surface area contributed by atoms with Crippen LogP contribution in [0.1, 0.15) is 16.1 Å². The van der Waals surface area contributed by atoms with Crippen molar-refractivity contribution in [2.75, 3.05) is 0 Å². The molecule has 0 unspecified atom stereocenters. The lowest BCUT2D eigenvalue weighted by Crippen LogP contribution is -2.15. The van der Waals surface area contributed by atoms with Gasteiger partial charge in [0.15, 0.2) is 5.78 Å². The number of ether oxygens (including phenoxy) is 1. The summed E-state index contributed by atoms with van der Waals surface area (Å²) in [6.07, 6.45) is 2.22. The van der Waals surface area contributed by atoms with Gasteiger partial charge in [-0.3, -0.25) is 9.78 Å². The van der Waals surface area contributed by atoms with Crippen LogP contribution in [-0.2, 0) is 16.4 Å². The third-order valence-corrected chi connectivity index (χ3v) is 6.53. The molecule has 2 aromatic heterocycles. The van der Waals surface area contributed by atoms with Crippen LogP contribution in [-0.4, -0.2) is 35.0 Å². The van der Waals surface area contributed by atoms with Crippen LogP contribution in [0.15, 0.2) is 65.8 Å². The summed E-state index contributed by atoms with van der Waals surface area (Å²) in [4.78, 5) is 16.4. The largest absolute Gasteiger partial charge is 0.435 e. The first-order valence-electron chi connectivity index (χ1n) is 9.27. The Bertz CT molecular complexity index is 1450. The average molecular weight is 496 g/mol. The average Bonchev–Trinajstić information content (AvgIpc) is 3.17. The monoisotopic (exact) mass is 495 g/mol. The highest BCUT2D eigenvalue weighted by molar-refractivity contribution is 7.90. The Morgan fingerprint density at radius 3 is 2.61 bits per heavy atom. The van der Waals surface area contributed by atoms with Gasteiger partial charge in [-0.25, -0.2) is 4.39 Å². The lowest BCUT2D eigenvalue weighted by molar-refractivity contribution is -0.0500. The van der Waals surface area contributed by atoms with Crippen molar-refractivity contribution in [3.05, 3.63) is 83.0 Å². The Balaban J connectivity index is 1.71. The van der Waals surface area contributed by atoms with Crippen molar-refractivity contribution < 1.29 is 31.1 Å². The van der Waals surface area contributed by atoms with Crippen LogP contribution in [0.25, 0.3) is 10.9 Å². The Kier molecular flexibility index (Phi) is 6.09. The molecule has 0 N–H and O–H groups in total. The maximum Gasteiger partial charge on any atom is 0.387 e. The molecule has 0 aliphatic heterocycles. The quantitative estimate of drug-likeness (QED) is 0.351. The molecule has 0 bridgehead atoms. The predicted octanol–water partition coefficient (Wildman–Crippen LogP) is 4.49. The maximum absolute atomic E-state index is 14.1. The second kappa shape index (κ2) is 8.83. The van der Waals surface area contributed by atoms with Crippen molar-refractivity contribution in [1.29, 1.82) is 0 Å². The normalized spacial score (nSPS) is 11.8. The summed E-state index contributed by atoms with van der Waals surface area (Å²) in [5, 5.41) is 4.16. The SMILES string of the molecule is O=C(Cc1cc2c(cn1)cnn2S(=O)(=O)c1cccc(OC(F)F)c1)c1c(F)cccc1Cl. The van der Waals surface area contributed by atoms with E-state index in [0.717, 1.165) is 12.1 Å². The minimum absolute atomic E-state index is 0.0559. The summed E-state index contributed by atoms with van der Waals surface area (Å²) in [5.74, 6) is -1.76. The van der Waals surface area contributed by atoms with Gasteiger partial charge in [-0.15, -0.1) is 0 Å². The van der Waals surface area contributed by atoms with Crippen molar-refractivity contribution >= 4 is 38.3 Å². The zero-order valence-corrected chi connectivity index (χ0v) is 18.0. The molecular weight excluding hydrogens is 483 g/mol. The Labute approximate surface area is 190 Å². The first-order valence-corrected chi connectivity index (χ1v) is 11.1. The predicted molar refractivity (Wildman–Crippen MR) is 113 cm³/mol. The van der Waals surface area contributed by atoms with Crippen LogP contribution >= 0.6 is 11.6 Å². The van der Waals surface area contributed by atoms with Gasteiger partial charge in [0.1, 0.15) is 11.6 Å². The molecule has 33 heavy (non-hydrogen) atoms. The number of ketones is 1. The van der Waals surface area contributed by atoms with Crippen molar-refractivity contribution in [2.45, 2.75) is 17.9 Å². The molecule has 0 radical (unpaired) electrons. The van der Waals surface area contributed by atoms with Gasteiger partial charge >= 0.3 is 6.61 Å². The summed E-state index contributed by atoms with van der Waals surface area (Å²) >= 11 is 5.93. The lowest BCUT2D eigenvalue weighted by Gasteiger charge is -2.09. The first kappa shape index (κ1) is 22.7. The van der Waals surface area contributed by atoms with Crippen molar-refractivity contribution in [3.8, 4) is 5.75 Å². The minimum atomic E-state index is -4.30. The number of hydrogen-bond donors (Lipinski definition) is 0. The fourth-order valence-corrected chi connectivity index (χ4v) is 4.73. The molecular formula is C21H13ClF3N3O4S. The molecule has 12 heteroatoms. The van der Waals surface area contributed by atoms with E-state index < -0.39 is 28.2 Å². The lowest BCUT2D eigenvalue weighted by atomic mass is 10.1. The summed E-state index contributed by atoms with van der Waals surface area (Å²) in [7, 11) is -4.30. The molecule has 0 saturated heterocycles. The highest BCUT2D eigenvalue weighted by Gasteiger charge is 2.23. The molecule has 0 fully saturated rings. The number of Topliss-reactive ketones (excluding diaryl/α,β-unsaturated/α-hetero) is 1. The number of rotatable bonds is 7. The molecule has 0 saturated carbocycles. The standard InChI is InChI=1S/C21H13ClF3N3O4S/c22-16-5-2-6-17(23)20(16)19(29)8-13-7-18-12(10-26-13)11-27-28(18)33(30,31)15-4-1-3-14(9-15)32-21(24)25/h1-7,9-11,21H,8H2. The van der Waals surface area contributed by atoms with E-state index in [1.807, 2.05) is 0 Å². The Hall–Kier alpha value is -3.44. The molecule has 0 spiro atoms. The van der Waals surface area contributed by atoms with Gasteiger partial charge in [0.05, 0.1) is 39.3 Å². The Morgan fingerprint density at radius 1 is 1.12 bits per heavy atom. The fourth-order valence-electron chi connectivity index (χ4n) is 3.15. The molecule has 2 heterocycles. The van der Waals surface area contributed by atoms with Gasteiger partial charge in [0.25, 0.3) is 10.0 Å². The number of fused-ring (bicyclic) bond motifs is 1. The minimum Gasteiger partial charge on any atom is -0.435 e. The van der Waals surface area contributed by atoms with Crippen LogP contribution < -0.4 is 4.74 Å². The second-order valence-electron chi connectivity index (χ2n) is 6.78. The number of pyridine rings is 1. The van der Waals surface area contributed by atoms with Crippen LogP contribution in [0.5, 0.6) is 5.75 Å². The smallest absolute Gasteiger partial charge is 0.387 e. The molecule has 0 aliphatic rings. The molecule has 4 aromatic rings. The topological polar surface area (TPSA) is 91.1 Å². The van der Waals surface area contributed by atoms with Gasteiger partial charge in [0, 0.05) is 17.6 Å². The molecule has 7 nitrogen and oxygen atoms in total. The summed E-state index contributed by atoms with van der Waals surface area (Å²) in [6, 6.07) is 9.75. The van der Waals surface area contributed by atoms with E-state index in [2.05, 4.69) is 14.8 Å². The third kappa shape index (κ3) is 4.55. The number of nitrogens with zero attached hydrogens (tertiary/aromatic N) is 3.